The van der Waals surface area contributed by atoms with Gasteiger partial charge in [-0.05, 0) is 94.8 Å². The maximum atomic E-state index is 13.7. The molecule has 2 N–H and O–H groups in total. The molecule has 192 valence electrons. The Hall–Kier alpha value is -3.00. The Labute approximate surface area is 212 Å². The predicted molar refractivity (Wildman–Crippen MR) is 138 cm³/mol. The summed E-state index contributed by atoms with van der Waals surface area (Å²) < 4.78 is 13.7. The number of carbonyl (C=O) groups is 2. The largest absolute Gasteiger partial charge is 0.358 e. The van der Waals surface area contributed by atoms with Crippen molar-refractivity contribution in [1.82, 2.24) is 20.5 Å². The average molecular weight is 494 g/mol. The van der Waals surface area contributed by atoms with Gasteiger partial charge in [0, 0.05) is 36.8 Å². The molecule has 2 aromatic rings. The highest BCUT2D eigenvalue weighted by atomic mass is 19.1. The summed E-state index contributed by atoms with van der Waals surface area (Å²) in [5.74, 6) is 0.860. The van der Waals surface area contributed by atoms with Gasteiger partial charge in [0.15, 0.2) is 0 Å². The van der Waals surface area contributed by atoms with E-state index in [2.05, 4.69) is 25.4 Å². The number of hydrogen-bond acceptors (Lipinski definition) is 5. The van der Waals surface area contributed by atoms with Crippen molar-refractivity contribution in [3.05, 3.63) is 59.5 Å². The fourth-order valence-electron chi connectivity index (χ4n) is 7.03. The third-order valence-corrected chi connectivity index (χ3v) is 8.15. The van der Waals surface area contributed by atoms with Crippen molar-refractivity contribution in [2.75, 3.05) is 39.1 Å². The van der Waals surface area contributed by atoms with Crippen LogP contribution >= 0.6 is 0 Å². The van der Waals surface area contributed by atoms with E-state index >= 15 is 0 Å². The number of pyridine rings is 1. The molecule has 8 heteroatoms. The van der Waals surface area contributed by atoms with Crippen molar-refractivity contribution in [2.45, 2.75) is 49.6 Å². The Balaban J connectivity index is 1.31. The molecule has 7 nitrogen and oxygen atoms in total. The Bertz CT molecular complexity index is 1140. The van der Waals surface area contributed by atoms with Crippen molar-refractivity contribution >= 4 is 17.6 Å². The highest BCUT2D eigenvalue weighted by molar-refractivity contribution is 5.95. The lowest BCUT2D eigenvalue weighted by Gasteiger charge is -2.62. The molecule has 1 heterocycles. The Morgan fingerprint density at radius 2 is 1.58 bits per heavy atom. The van der Waals surface area contributed by atoms with E-state index in [-0.39, 0.29) is 22.9 Å². The number of likely N-dealkylation sites (N-methyl/N-ethyl adjacent to an activating group) is 2. The summed E-state index contributed by atoms with van der Waals surface area (Å²) in [4.78, 5) is 35.3. The van der Waals surface area contributed by atoms with Gasteiger partial charge in [-0.25, -0.2) is 9.37 Å². The molecule has 2 atom stereocenters. The molecule has 2 unspecified atom stereocenters. The molecular formula is C28H36FN5O2. The molecule has 6 rings (SSSR count). The number of nitrogens with zero attached hydrogens (tertiary/aromatic N) is 3. The molecule has 0 aliphatic heterocycles. The number of amides is 2. The second kappa shape index (κ2) is 9.47. The number of hydrogen-bond donors (Lipinski definition) is 2. The molecule has 0 saturated heterocycles. The number of halogens is 1. The fraction of sp³-hybridized carbons (Fsp3) is 0.536. The van der Waals surface area contributed by atoms with Crippen LogP contribution in [0, 0.1) is 17.7 Å². The van der Waals surface area contributed by atoms with Crippen LogP contribution in [0.1, 0.15) is 59.4 Å². The van der Waals surface area contributed by atoms with Gasteiger partial charge < -0.3 is 20.4 Å². The van der Waals surface area contributed by atoms with Crippen LogP contribution in [0.3, 0.4) is 0 Å². The number of carbonyl (C=O) groups excluding carboxylic acids is 2. The van der Waals surface area contributed by atoms with Gasteiger partial charge in [-0.15, -0.1) is 0 Å². The van der Waals surface area contributed by atoms with Crippen molar-refractivity contribution in [3.8, 4) is 0 Å². The number of anilines is 1. The topological polar surface area (TPSA) is 77.6 Å². The molecule has 4 saturated carbocycles. The minimum absolute atomic E-state index is 0.161. The first-order valence-electron chi connectivity index (χ1n) is 12.9. The van der Waals surface area contributed by atoms with E-state index in [1.807, 2.05) is 33.3 Å². The summed E-state index contributed by atoms with van der Waals surface area (Å²) in [6.45, 7) is 1.70. The lowest BCUT2D eigenvalue weighted by molar-refractivity contribution is -0.0448. The Kier molecular flexibility index (Phi) is 6.49. The highest BCUT2D eigenvalue weighted by Crippen LogP contribution is 2.57. The average Bonchev–Trinajstić information content (AvgIpc) is 2.81. The first-order chi connectivity index (χ1) is 17.1. The van der Waals surface area contributed by atoms with Crippen LogP contribution in [0.5, 0.6) is 0 Å². The SMILES string of the molecule is CN(C)CCN(C)c1cccc(C(=O)NC23CC4CC(CC(NC(=O)c5cccc(F)c5)(C4)C2)C3)n1. The standard InChI is InChI=1S/C28H36FN5O2/c1-33(2)10-11-34(3)24-9-5-8-23(30-24)26(36)32-28-16-19-12-20(17-28)15-27(14-19,18-28)31-25(35)21-6-4-7-22(29)13-21/h4-9,13,19-20H,10-12,14-18H2,1-3H3,(H,31,35)(H,32,36). The zero-order valence-corrected chi connectivity index (χ0v) is 21.4. The third kappa shape index (κ3) is 5.09. The van der Waals surface area contributed by atoms with E-state index in [9.17, 15) is 14.0 Å². The summed E-state index contributed by atoms with van der Waals surface area (Å²) >= 11 is 0. The summed E-state index contributed by atoms with van der Waals surface area (Å²) in [6, 6.07) is 11.4. The van der Waals surface area contributed by atoms with E-state index < -0.39 is 5.82 Å². The van der Waals surface area contributed by atoms with E-state index in [0.717, 1.165) is 51.0 Å². The molecule has 1 aromatic carbocycles. The third-order valence-electron chi connectivity index (χ3n) is 8.15. The van der Waals surface area contributed by atoms with Crippen LogP contribution < -0.4 is 15.5 Å². The number of benzene rings is 1. The van der Waals surface area contributed by atoms with Gasteiger partial charge in [0.1, 0.15) is 17.3 Å². The van der Waals surface area contributed by atoms with E-state index in [4.69, 9.17) is 0 Å². The molecule has 0 spiro atoms. The summed E-state index contributed by atoms with van der Waals surface area (Å²) in [5.41, 5.74) is 0.0221. The summed E-state index contributed by atoms with van der Waals surface area (Å²) in [6.07, 6.45) is 5.51. The van der Waals surface area contributed by atoms with Crippen molar-refractivity contribution in [2.24, 2.45) is 11.8 Å². The minimum Gasteiger partial charge on any atom is -0.358 e. The van der Waals surface area contributed by atoms with Crippen LogP contribution in [0.25, 0.3) is 0 Å². The lowest BCUT2D eigenvalue weighted by atomic mass is 9.49. The first kappa shape index (κ1) is 24.7. The smallest absolute Gasteiger partial charge is 0.270 e. The van der Waals surface area contributed by atoms with Gasteiger partial charge in [0.05, 0.1) is 0 Å². The van der Waals surface area contributed by atoms with Crippen molar-refractivity contribution in [1.29, 1.82) is 0 Å². The summed E-state index contributed by atoms with van der Waals surface area (Å²) in [5, 5.41) is 6.63. The van der Waals surface area contributed by atoms with Crippen LogP contribution in [0.15, 0.2) is 42.5 Å². The normalized spacial score (nSPS) is 28.2. The monoisotopic (exact) mass is 493 g/mol. The van der Waals surface area contributed by atoms with Gasteiger partial charge in [0.2, 0.25) is 0 Å². The van der Waals surface area contributed by atoms with Crippen LogP contribution in [-0.4, -0.2) is 67.0 Å². The second-order valence-electron chi connectivity index (χ2n) is 11.5. The Morgan fingerprint density at radius 3 is 2.22 bits per heavy atom. The molecule has 36 heavy (non-hydrogen) atoms. The first-order valence-corrected chi connectivity index (χ1v) is 12.9. The van der Waals surface area contributed by atoms with Gasteiger partial charge in [-0.2, -0.15) is 0 Å². The van der Waals surface area contributed by atoms with E-state index in [1.54, 1.807) is 18.2 Å². The van der Waals surface area contributed by atoms with Gasteiger partial charge >= 0.3 is 0 Å². The molecule has 2 amide bonds. The number of nitrogens with one attached hydrogen (secondary N) is 2. The van der Waals surface area contributed by atoms with Gasteiger partial charge in [0.25, 0.3) is 11.8 Å². The van der Waals surface area contributed by atoms with Crippen molar-refractivity contribution in [3.63, 3.8) is 0 Å². The van der Waals surface area contributed by atoms with Crippen LogP contribution in [0.4, 0.5) is 10.2 Å². The second-order valence-corrected chi connectivity index (χ2v) is 11.5. The van der Waals surface area contributed by atoms with Crippen molar-refractivity contribution < 1.29 is 14.0 Å². The minimum atomic E-state index is -0.418. The molecule has 1 aromatic heterocycles. The molecule has 4 bridgehead atoms. The lowest BCUT2D eigenvalue weighted by Crippen LogP contribution is -2.69. The van der Waals surface area contributed by atoms with Gasteiger partial charge in [-0.1, -0.05) is 12.1 Å². The number of rotatable bonds is 8. The molecular weight excluding hydrogens is 457 g/mol. The fourth-order valence-corrected chi connectivity index (χ4v) is 7.03. The van der Waals surface area contributed by atoms with Crippen LogP contribution in [-0.2, 0) is 0 Å². The highest BCUT2D eigenvalue weighted by Gasteiger charge is 2.58. The molecule has 0 radical (unpaired) electrons. The maximum Gasteiger partial charge on any atom is 0.270 e. The van der Waals surface area contributed by atoms with Crippen LogP contribution in [0.2, 0.25) is 0 Å². The quantitative estimate of drug-likeness (QED) is 0.589. The molecule has 4 aliphatic carbocycles. The Morgan fingerprint density at radius 1 is 0.944 bits per heavy atom. The molecule has 4 fully saturated rings. The zero-order chi connectivity index (χ0) is 25.5. The van der Waals surface area contributed by atoms with E-state index in [1.165, 1.54) is 12.1 Å². The molecule has 4 aliphatic rings. The maximum absolute atomic E-state index is 13.7. The summed E-state index contributed by atoms with van der Waals surface area (Å²) in [7, 11) is 6.05. The van der Waals surface area contributed by atoms with E-state index in [0.29, 0.717) is 29.5 Å². The predicted octanol–water partition coefficient (Wildman–Crippen LogP) is 3.47. The van der Waals surface area contributed by atoms with Gasteiger partial charge in [-0.3, -0.25) is 9.59 Å². The number of aromatic nitrogens is 1. The zero-order valence-electron chi connectivity index (χ0n) is 21.4.